The van der Waals surface area contributed by atoms with Gasteiger partial charge in [-0.1, -0.05) is 25.1 Å². The van der Waals surface area contributed by atoms with Gasteiger partial charge in [0.2, 0.25) is 0 Å². The molecule has 1 aliphatic heterocycles. The van der Waals surface area contributed by atoms with Gasteiger partial charge in [0.25, 0.3) is 11.7 Å². The minimum Gasteiger partial charge on any atom is -0.508 e. The second-order valence-electron chi connectivity index (χ2n) is 8.63. The van der Waals surface area contributed by atoms with Crippen molar-refractivity contribution in [3.8, 4) is 11.5 Å². The highest BCUT2D eigenvalue weighted by Crippen LogP contribution is 2.43. The molecule has 1 atom stereocenters. The van der Waals surface area contributed by atoms with Crippen molar-refractivity contribution in [2.45, 2.75) is 26.3 Å². The summed E-state index contributed by atoms with van der Waals surface area (Å²) in [6.07, 6.45) is 0.658. The Kier molecular flexibility index (Phi) is 7.29. The molecule has 190 valence electrons. The number of phenolic OH excluding ortho intramolecular Hbond substituents is 1. The van der Waals surface area contributed by atoms with Gasteiger partial charge in [-0.15, -0.1) is 0 Å². The molecule has 3 aromatic rings. The van der Waals surface area contributed by atoms with Crippen molar-refractivity contribution < 1.29 is 34.1 Å². The highest BCUT2D eigenvalue weighted by Gasteiger charge is 2.47. The number of aliphatic hydroxyl groups excluding tert-OH is 1. The first-order chi connectivity index (χ1) is 17.8. The van der Waals surface area contributed by atoms with E-state index in [4.69, 9.17) is 9.47 Å². The molecule has 0 saturated carbocycles. The lowest BCUT2D eigenvalue weighted by Gasteiger charge is -2.26. The van der Waals surface area contributed by atoms with Crippen molar-refractivity contribution in [1.29, 1.82) is 0 Å². The number of Topliss-reactive ketones (excluding diaryl/α,β-unsaturated/α-hetero) is 1. The van der Waals surface area contributed by atoms with E-state index in [2.05, 4.69) is 0 Å². The van der Waals surface area contributed by atoms with Crippen LogP contribution in [0.1, 0.15) is 46.4 Å². The smallest absolute Gasteiger partial charge is 0.338 e. The number of methoxy groups -OCH3 is 1. The number of benzene rings is 3. The Bertz CT molecular complexity index is 1390. The van der Waals surface area contributed by atoms with Gasteiger partial charge in [0.15, 0.2) is 0 Å². The van der Waals surface area contributed by atoms with E-state index < -0.39 is 23.7 Å². The van der Waals surface area contributed by atoms with Crippen LogP contribution in [0.2, 0.25) is 0 Å². The molecule has 0 radical (unpaired) electrons. The van der Waals surface area contributed by atoms with Crippen LogP contribution in [0.15, 0.2) is 72.3 Å². The lowest BCUT2D eigenvalue weighted by atomic mass is 9.93. The predicted octanol–water partition coefficient (Wildman–Crippen LogP) is 4.90. The first-order valence-electron chi connectivity index (χ1n) is 11.8. The monoisotopic (exact) mass is 501 g/mol. The first-order valence-corrected chi connectivity index (χ1v) is 11.8. The number of hydrogen-bond acceptors (Lipinski definition) is 7. The number of carbonyl (C=O) groups excluding carboxylic acids is 3. The summed E-state index contributed by atoms with van der Waals surface area (Å²) in [5.74, 6) is -2.02. The number of aryl methyl sites for hydroxylation is 1. The number of aromatic hydroxyl groups is 1. The van der Waals surface area contributed by atoms with Crippen LogP contribution in [0, 0.1) is 6.92 Å². The molecule has 1 aliphatic rings. The quantitative estimate of drug-likeness (QED) is 0.205. The van der Waals surface area contributed by atoms with Crippen LogP contribution < -0.4 is 9.64 Å². The number of anilines is 1. The van der Waals surface area contributed by atoms with E-state index in [1.807, 2.05) is 6.92 Å². The molecule has 3 aromatic carbocycles. The van der Waals surface area contributed by atoms with Crippen LogP contribution in [0.5, 0.6) is 11.5 Å². The normalized spacial score (nSPS) is 16.6. The van der Waals surface area contributed by atoms with E-state index in [0.717, 1.165) is 0 Å². The molecule has 1 heterocycles. The van der Waals surface area contributed by atoms with E-state index in [1.165, 1.54) is 30.2 Å². The fourth-order valence-electron chi connectivity index (χ4n) is 4.31. The number of ether oxygens (including phenoxy) is 2. The first kappa shape index (κ1) is 25.5. The fraction of sp³-hybridized carbons (Fsp3) is 0.207. The van der Waals surface area contributed by atoms with Crippen LogP contribution in [0.3, 0.4) is 0 Å². The second kappa shape index (κ2) is 10.6. The van der Waals surface area contributed by atoms with Crippen molar-refractivity contribution in [3.05, 3.63) is 94.6 Å². The number of aliphatic hydroxyl groups is 1. The van der Waals surface area contributed by atoms with Crippen molar-refractivity contribution in [3.63, 3.8) is 0 Å². The van der Waals surface area contributed by atoms with Crippen molar-refractivity contribution in [1.82, 2.24) is 0 Å². The van der Waals surface area contributed by atoms with E-state index in [9.17, 15) is 24.6 Å². The molecule has 0 aromatic heterocycles. The van der Waals surface area contributed by atoms with Gasteiger partial charge in [-0.05, 0) is 73.0 Å². The summed E-state index contributed by atoms with van der Waals surface area (Å²) in [5.41, 5.74) is 1.92. The number of amides is 1. The number of rotatable bonds is 7. The maximum absolute atomic E-state index is 13.4. The van der Waals surface area contributed by atoms with E-state index in [-0.39, 0.29) is 34.9 Å². The molecule has 1 saturated heterocycles. The van der Waals surface area contributed by atoms with Gasteiger partial charge in [-0.25, -0.2) is 4.79 Å². The summed E-state index contributed by atoms with van der Waals surface area (Å²) < 4.78 is 10.5. The summed E-state index contributed by atoms with van der Waals surface area (Å²) >= 11 is 0. The molecule has 1 amide bonds. The molecule has 0 bridgehead atoms. The maximum atomic E-state index is 13.4. The summed E-state index contributed by atoms with van der Waals surface area (Å²) in [4.78, 5) is 40.5. The van der Waals surface area contributed by atoms with Crippen LogP contribution in [-0.2, 0) is 14.3 Å². The highest BCUT2D eigenvalue weighted by atomic mass is 16.5. The minimum absolute atomic E-state index is 0.00682. The average molecular weight is 502 g/mol. The number of carbonyl (C=O) groups is 3. The zero-order valence-corrected chi connectivity index (χ0v) is 20.7. The van der Waals surface area contributed by atoms with Gasteiger partial charge in [-0.3, -0.25) is 14.5 Å². The van der Waals surface area contributed by atoms with Gasteiger partial charge in [0.1, 0.15) is 17.3 Å². The molecule has 0 spiro atoms. The van der Waals surface area contributed by atoms with Crippen LogP contribution in [0.4, 0.5) is 5.69 Å². The fourth-order valence-corrected chi connectivity index (χ4v) is 4.31. The molecule has 8 nitrogen and oxygen atoms in total. The van der Waals surface area contributed by atoms with Crippen molar-refractivity contribution in [2.24, 2.45) is 0 Å². The Morgan fingerprint density at radius 1 is 1.03 bits per heavy atom. The van der Waals surface area contributed by atoms with Crippen molar-refractivity contribution in [2.75, 3.05) is 18.6 Å². The standard InChI is InChI=1S/C29H27NO7/c1-4-14-37-29(35)19-6-5-7-20(16-19)30-25(18-8-10-21(31)11-9-18)24(27(33)28(30)34)26(32)23-13-12-22(36-3)15-17(23)2/h5-13,15-16,25,31-32H,4,14H2,1-3H3/b26-24-. The Morgan fingerprint density at radius 2 is 1.76 bits per heavy atom. The Labute approximate surface area is 214 Å². The Balaban J connectivity index is 1.89. The third-order valence-electron chi connectivity index (χ3n) is 6.14. The molecule has 4 rings (SSSR count). The SMILES string of the molecule is CCCOC(=O)c1cccc(N2C(=O)C(=O)/C(=C(\O)c3ccc(OC)cc3C)C2c2ccc(O)cc2)c1. The second-order valence-corrected chi connectivity index (χ2v) is 8.63. The largest absolute Gasteiger partial charge is 0.508 e. The molecular weight excluding hydrogens is 474 g/mol. The number of phenols is 1. The molecular formula is C29H27NO7. The van der Waals surface area contributed by atoms with E-state index >= 15 is 0 Å². The van der Waals surface area contributed by atoms with Gasteiger partial charge >= 0.3 is 5.97 Å². The number of esters is 1. The zero-order chi connectivity index (χ0) is 26.7. The summed E-state index contributed by atoms with van der Waals surface area (Å²) in [6, 6.07) is 16.2. The molecule has 2 N–H and O–H groups in total. The number of nitrogens with zero attached hydrogens (tertiary/aromatic N) is 1. The Morgan fingerprint density at radius 3 is 2.41 bits per heavy atom. The third-order valence-corrected chi connectivity index (χ3v) is 6.14. The number of ketones is 1. The van der Waals surface area contributed by atoms with Crippen LogP contribution >= 0.6 is 0 Å². The summed E-state index contributed by atoms with van der Waals surface area (Å²) in [7, 11) is 1.52. The van der Waals surface area contributed by atoms with Gasteiger partial charge in [0, 0.05) is 11.3 Å². The summed E-state index contributed by atoms with van der Waals surface area (Å²) in [5, 5.41) is 21.2. The minimum atomic E-state index is -1.01. The molecule has 1 fully saturated rings. The molecule has 1 unspecified atom stereocenters. The molecule has 8 heteroatoms. The van der Waals surface area contributed by atoms with Crippen LogP contribution in [0.25, 0.3) is 5.76 Å². The molecule has 37 heavy (non-hydrogen) atoms. The number of hydrogen-bond donors (Lipinski definition) is 2. The topological polar surface area (TPSA) is 113 Å². The maximum Gasteiger partial charge on any atom is 0.338 e. The highest BCUT2D eigenvalue weighted by molar-refractivity contribution is 6.51. The van der Waals surface area contributed by atoms with Gasteiger partial charge in [0.05, 0.1) is 30.9 Å². The molecule has 0 aliphatic carbocycles. The zero-order valence-electron chi connectivity index (χ0n) is 20.7. The third kappa shape index (κ3) is 4.91. The average Bonchev–Trinajstić information content (AvgIpc) is 3.17. The lowest BCUT2D eigenvalue weighted by Crippen LogP contribution is -2.29. The predicted molar refractivity (Wildman–Crippen MR) is 138 cm³/mol. The summed E-state index contributed by atoms with van der Waals surface area (Å²) in [6.45, 7) is 3.89. The van der Waals surface area contributed by atoms with Crippen molar-refractivity contribution >= 4 is 29.1 Å². The van der Waals surface area contributed by atoms with Gasteiger partial charge < -0.3 is 19.7 Å². The van der Waals surface area contributed by atoms with E-state index in [1.54, 1.807) is 55.5 Å². The lowest BCUT2D eigenvalue weighted by molar-refractivity contribution is -0.132. The Hall–Kier alpha value is -4.59. The van der Waals surface area contributed by atoms with E-state index in [0.29, 0.717) is 28.9 Å². The van der Waals surface area contributed by atoms with Gasteiger partial charge in [-0.2, -0.15) is 0 Å². The van der Waals surface area contributed by atoms with Crippen LogP contribution in [-0.4, -0.2) is 41.6 Å².